The smallest absolute Gasteiger partial charge is 0.412 e. The van der Waals surface area contributed by atoms with E-state index in [0.717, 1.165) is 10.8 Å². The second-order valence-electron chi connectivity index (χ2n) is 5.81. The number of carbonyl (C=O) groups is 1. The summed E-state index contributed by atoms with van der Waals surface area (Å²) in [6.07, 6.45) is -0.547. The van der Waals surface area contributed by atoms with Crippen molar-refractivity contribution < 1.29 is 19.0 Å². The lowest BCUT2D eigenvalue weighted by molar-refractivity contribution is 0.124. The Balaban J connectivity index is 2.68. The highest BCUT2D eigenvalue weighted by Crippen LogP contribution is 2.42. The number of ether oxygens (including phenoxy) is 3. The number of rotatable bonds is 3. The van der Waals surface area contributed by atoms with Crippen molar-refractivity contribution in [1.82, 2.24) is 5.32 Å². The molecule has 0 saturated heterocycles. The monoisotopic (exact) mass is 303 g/mol. The fraction of sp³-hybridized carbons (Fsp3) is 0.353. The van der Waals surface area contributed by atoms with Crippen LogP contribution >= 0.6 is 0 Å². The van der Waals surface area contributed by atoms with Gasteiger partial charge in [-0.05, 0) is 20.8 Å². The SMILES string of the molecule is CNC(=O)Oc1c(OC(C)(C)C)cc(OC)c2ccccc12. The van der Waals surface area contributed by atoms with E-state index in [1.165, 1.54) is 7.05 Å². The van der Waals surface area contributed by atoms with Crippen molar-refractivity contribution in [2.45, 2.75) is 26.4 Å². The molecule has 0 aromatic heterocycles. The van der Waals surface area contributed by atoms with Crippen LogP contribution in [0.15, 0.2) is 30.3 Å². The normalized spacial score (nSPS) is 11.1. The summed E-state index contributed by atoms with van der Waals surface area (Å²) < 4.78 is 16.8. The Morgan fingerprint density at radius 1 is 1.09 bits per heavy atom. The average Bonchev–Trinajstić information content (AvgIpc) is 2.47. The molecule has 2 aromatic carbocycles. The molecule has 5 nitrogen and oxygen atoms in total. The molecule has 0 aliphatic rings. The minimum absolute atomic E-state index is 0.380. The maximum absolute atomic E-state index is 11.7. The third kappa shape index (κ3) is 3.42. The van der Waals surface area contributed by atoms with Gasteiger partial charge in [0.1, 0.15) is 11.4 Å². The Hall–Kier alpha value is -2.43. The molecule has 22 heavy (non-hydrogen) atoms. The van der Waals surface area contributed by atoms with Crippen molar-refractivity contribution in [3.63, 3.8) is 0 Å². The lowest BCUT2D eigenvalue weighted by Crippen LogP contribution is -2.25. The van der Waals surface area contributed by atoms with Crippen LogP contribution in [0.4, 0.5) is 4.79 Å². The van der Waals surface area contributed by atoms with Gasteiger partial charge >= 0.3 is 6.09 Å². The van der Waals surface area contributed by atoms with Gasteiger partial charge in [-0.15, -0.1) is 0 Å². The van der Waals surface area contributed by atoms with Crippen molar-refractivity contribution >= 4 is 16.9 Å². The minimum atomic E-state index is -0.547. The highest BCUT2D eigenvalue weighted by molar-refractivity contribution is 5.97. The molecule has 0 radical (unpaired) electrons. The quantitative estimate of drug-likeness (QED) is 0.938. The summed E-state index contributed by atoms with van der Waals surface area (Å²) in [7, 11) is 3.11. The van der Waals surface area contributed by atoms with Gasteiger partial charge in [-0.2, -0.15) is 0 Å². The zero-order chi connectivity index (χ0) is 16.3. The van der Waals surface area contributed by atoms with Gasteiger partial charge in [0.05, 0.1) is 7.11 Å². The van der Waals surface area contributed by atoms with Crippen LogP contribution in [0.3, 0.4) is 0 Å². The molecule has 0 aliphatic carbocycles. The van der Waals surface area contributed by atoms with Crippen LogP contribution in [0.1, 0.15) is 20.8 Å². The molecule has 0 atom stereocenters. The number of benzene rings is 2. The molecule has 0 saturated carbocycles. The van der Waals surface area contributed by atoms with E-state index in [1.807, 2.05) is 45.0 Å². The van der Waals surface area contributed by atoms with Crippen molar-refractivity contribution in [3.8, 4) is 17.2 Å². The Labute approximate surface area is 130 Å². The number of nitrogens with one attached hydrogen (secondary N) is 1. The molecule has 2 aromatic rings. The van der Waals surface area contributed by atoms with Gasteiger partial charge in [0.2, 0.25) is 0 Å². The van der Waals surface area contributed by atoms with Crippen LogP contribution in [-0.2, 0) is 0 Å². The van der Waals surface area contributed by atoms with Gasteiger partial charge in [0, 0.05) is 23.9 Å². The molecular formula is C17H21NO4. The Morgan fingerprint density at radius 3 is 2.27 bits per heavy atom. The van der Waals surface area contributed by atoms with Gasteiger partial charge in [-0.25, -0.2) is 4.79 Å². The number of hydrogen-bond acceptors (Lipinski definition) is 4. The van der Waals surface area contributed by atoms with Crippen LogP contribution in [-0.4, -0.2) is 25.9 Å². The molecule has 0 spiro atoms. The highest BCUT2D eigenvalue weighted by atomic mass is 16.6. The predicted molar refractivity (Wildman–Crippen MR) is 86.0 cm³/mol. The summed E-state index contributed by atoms with van der Waals surface area (Å²) in [6, 6.07) is 9.29. The van der Waals surface area contributed by atoms with Crippen LogP contribution in [0, 0.1) is 0 Å². The third-order valence-electron chi connectivity index (χ3n) is 2.96. The van der Waals surface area contributed by atoms with Crippen LogP contribution in [0.5, 0.6) is 17.2 Å². The second-order valence-corrected chi connectivity index (χ2v) is 5.81. The third-order valence-corrected chi connectivity index (χ3v) is 2.96. The topological polar surface area (TPSA) is 56.8 Å². The zero-order valence-electron chi connectivity index (χ0n) is 13.5. The fourth-order valence-electron chi connectivity index (χ4n) is 2.11. The number of amides is 1. The van der Waals surface area contributed by atoms with Gasteiger partial charge in [-0.3, -0.25) is 0 Å². The maximum Gasteiger partial charge on any atom is 0.412 e. The van der Waals surface area contributed by atoms with Crippen molar-refractivity contribution in [2.24, 2.45) is 0 Å². The van der Waals surface area contributed by atoms with E-state index in [2.05, 4.69) is 5.32 Å². The molecule has 0 unspecified atom stereocenters. The Kier molecular flexibility index (Phi) is 4.45. The van der Waals surface area contributed by atoms with Crippen LogP contribution < -0.4 is 19.5 Å². The van der Waals surface area contributed by atoms with E-state index in [1.54, 1.807) is 13.2 Å². The van der Waals surface area contributed by atoms with Crippen LogP contribution in [0.25, 0.3) is 10.8 Å². The Morgan fingerprint density at radius 2 is 1.73 bits per heavy atom. The van der Waals surface area contributed by atoms with E-state index < -0.39 is 11.7 Å². The van der Waals surface area contributed by atoms with E-state index in [4.69, 9.17) is 14.2 Å². The molecule has 0 bridgehead atoms. The lowest BCUT2D eigenvalue weighted by Gasteiger charge is -2.24. The van der Waals surface area contributed by atoms with Gasteiger partial charge in [-0.1, -0.05) is 24.3 Å². The molecule has 2 rings (SSSR count). The number of fused-ring (bicyclic) bond motifs is 1. The molecule has 118 valence electrons. The maximum atomic E-state index is 11.7. The van der Waals surface area contributed by atoms with E-state index in [0.29, 0.717) is 17.2 Å². The van der Waals surface area contributed by atoms with Crippen molar-refractivity contribution in [2.75, 3.05) is 14.2 Å². The number of hydrogen-bond donors (Lipinski definition) is 1. The first-order valence-electron chi connectivity index (χ1n) is 7.04. The summed E-state index contributed by atoms with van der Waals surface area (Å²) in [4.78, 5) is 11.7. The molecule has 0 heterocycles. The largest absolute Gasteiger partial charge is 0.496 e. The molecule has 1 amide bonds. The summed E-state index contributed by atoms with van der Waals surface area (Å²) >= 11 is 0. The summed E-state index contributed by atoms with van der Waals surface area (Å²) in [5.41, 5.74) is -0.436. The first kappa shape index (κ1) is 15.9. The first-order valence-corrected chi connectivity index (χ1v) is 7.04. The van der Waals surface area contributed by atoms with Gasteiger partial charge < -0.3 is 19.5 Å². The fourth-order valence-corrected chi connectivity index (χ4v) is 2.11. The van der Waals surface area contributed by atoms with Crippen molar-refractivity contribution in [3.05, 3.63) is 30.3 Å². The van der Waals surface area contributed by atoms with Crippen LogP contribution in [0.2, 0.25) is 0 Å². The number of carbonyl (C=O) groups excluding carboxylic acids is 1. The predicted octanol–water partition coefficient (Wildman–Crippen LogP) is 3.74. The van der Waals surface area contributed by atoms with E-state index >= 15 is 0 Å². The standard InChI is InChI=1S/C17H21NO4/c1-17(2,3)22-14-10-13(20-5)11-8-6-7-9-12(11)15(14)21-16(19)18-4/h6-10H,1-5H3,(H,18,19). The van der Waals surface area contributed by atoms with Gasteiger partial charge in [0.25, 0.3) is 0 Å². The molecule has 0 fully saturated rings. The number of methoxy groups -OCH3 is 1. The summed E-state index contributed by atoms with van der Waals surface area (Å²) in [6.45, 7) is 5.79. The molecule has 5 heteroatoms. The molecule has 0 aliphatic heterocycles. The molecule has 1 N–H and O–H groups in total. The lowest BCUT2D eigenvalue weighted by atomic mass is 10.1. The van der Waals surface area contributed by atoms with Gasteiger partial charge in [0.15, 0.2) is 11.5 Å². The highest BCUT2D eigenvalue weighted by Gasteiger charge is 2.21. The average molecular weight is 303 g/mol. The van der Waals surface area contributed by atoms with Crippen molar-refractivity contribution in [1.29, 1.82) is 0 Å². The minimum Gasteiger partial charge on any atom is -0.496 e. The summed E-state index contributed by atoms with van der Waals surface area (Å²) in [5.74, 6) is 1.51. The molecular weight excluding hydrogens is 282 g/mol. The second kappa shape index (κ2) is 6.13. The van der Waals surface area contributed by atoms with E-state index in [-0.39, 0.29) is 0 Å². The summed E-state index contributed by atoms with van der Waals surface area (Å²) in [5, 5.41) is 4.06. The zero-order valence-corrected chi connectivity index (χ0v) is 13.5. The first-order chi connectivity index (χ1) is 10.4. The van der Waals surface area contributed by atoms with E-state index in [9.17, 15) is 4.79 Å². The Bertz CT molecular complexity index is 689.